The van der Waals surface area contributed by atoms with Crippen LogP contribution in [0.1, 0.15) is 13.8 Å². The lowest BCUT2D eigenvalue weighted by Gasteiger charge is -2.34. The van der Waals surface area contributed by atoms with E-state index in [1.165, 1.54) is 62.1 Å². The van der Waals surface area contributed by atoms with Crippen LogP contribution in [0.4, 0.5) is 18.4 Å². The van der Waals surface area contributed by atoms with Gasteiger partial charge in [-0.25, -0.2) is 18.4 Å². The van der Waals surface area contributed by atoms with Crippen molar-refractivity contribution in [2.24, 2.45) is 0 Å². The fourth-order valence-corrected chi connectivity index (χ4v) is 3.39. The lowest BCUT2D eigenvalue weighted by Crippen LogP contribution is -2.51. The molecule has 12 heteroatoms. The number of carbonyl (C=O) groups excluding carboxylic acids is 2. The van der Waals surface area contributed by atoms with Crippen molar-refractivity contribution in [1.29, 1.82) is 0 Å². The summed E-state index contributed by atoms with van der Waals surface area (Å²) >= 11 is 0. The third-order valence-corrected chi connectivity index (χ3v) is 5.17. The maximum absolute atomic E-state index is 13.3. The van der Waals surface area contributed by atoms with Gasteiger partial charge >= 0.3 is 12.2 Å². The predicted molar refractivity (Wildman–Crippen MR) is 122 cm³/mol. The van der Waals surface area contributed by atoms with Crippen LogP contribution in [0.15, 0.2) is 36.4 Å². The second-order valence-corrected chi connectivity index (χ2v) is 7.70. The topological polar surface area (TPSA) is 96.0 Å². The molecule has 2 aromatic rings. The standard InChI is InChI=1S/C24H28F2N2O8/c1-15(33-19-7-5-17(25)13-21(19)31-3)35-23(29)27-9-11-28(12-10-27)24(30)36-16(2)34-20-8-6-18(26)14-22(20)32-4/h5-8,13-16H,9-12H2,1-4H3/t15-,16-/m1/s1. The van der Waals surface area contributed by atoms with E-state index in [-0.39, 0.29) is 49.2 Å². The number of halogens is 2. The number of hydrogen-bond acceptors (Lipinski definition) is 8. The van der Waals surface area contributed by atoms with Crippen LogP contribution in [0.25, 0.3) is 0 Å². The smallest absolute Gasteiger partial charge is 0.412 e. The summed E-state index contributed by atoms with van der Waals surface area (Å²) in [6.45, 7) is 3.88. The first kappa shape index (κ1) is 26.6. The highest BCUT2D eigenvalue weighted by Crippen LogP contribution is 2.29. The third-order valence-electron chi connectivity index (χ3n) is 5.17. The Bertz CT molecular complexity index is 979. The van der Waals surface area contributed by atoms with E-state index >= 15 is 0 Å². The van der Waals surface area contributed by atoms with Gasteiger partial charge in [-0.1, -0.05) is 0 Å². The molecule has 196 valence electrons. The van der Waals surface area contributed by atoms with Crippen LogP contribution in [0.3, 0.4) is 0 Å². The largest absolute Gasteiger partial charge is 0.493 e. The first-order valence-corrected chi connectivity index (χ1v) is 11.1. The number of benzene rings is 2. The second-order valence-electron chi connectivity index (χ2n) is 7.70. The fraction of sp³-hybridized carbons (Fsp3) is 0.417. The number of nitrogens with zero attached hydrogens (tertiary/aromatic N) is 2. The minimum absolute atomic E-state index is 0.168. The van der Waals surface area contributed by atoms with Crippen molar-refractivity contribution in [2.45, 2.75) is 26.4 Å². The van der Waals surface area contributed by atoms with Gasteiger partial charge in [-0.3, -0.25) is 0 Å². The van der Waals surface area contributed by atoms with Gasteiger partial charge in [0.25, 0.3) is 0 Å². The van der Waals surface area contributed by atoms with E-state index in [0.29, 0.717) is 0 Å². The fourth-order valence-electron chi connectivity index (χ4n) is 3.39. The molecule has 0 saturated carbocycles. The van der Waals surface area contributed by atoms with Gasteiger partial charge in [-0.2, -0.15) is 0 Å². The number of hydrogen-bond donors (Lipinski definition) is 0. The highest BCUT2D eigenvalue weighted by atomic mass is 19.1. The molecule has 1 aliphatic rings. The lowest BCUT2D eigenvalue weighted by molar-refractivity contribution is -0.0488. The summed E-state index contributed by atoms with van der Waals surface area (Å²) in [6, 6.07) is 7.47. The van der Waals surface area contributed by atoms with Gasteiger partial charge in [0, 0.05) is 52.2 Å². The third kappa shape index (κ3) is 7.03. The minimum atomic E-state index is -0.971. The maximum atomic E-state index is 13.3. The predicted octanol–water partition coefficient (Wildman–Crippen LogP) is 4.02. The molecule has 0 aromatic heterocycles. The lowest BCUT2D eigenvalue weighted by atomic mass is 10.3. The van der Waals surface area contributed by atoms with E-state index in [9.17, 15) is 18.4 Å². The molecule has 0 bridgehead atoms. The molecule has 36 heavy (non-hydrogen) atoms. The van der Waals surface area contributed by atoms with E-state index in [2.05, 4.69) is 0 Å². The van der Waals surface area contributed by atoms with Crippen LogP contribution in [0.5, 0.6) is 23.0 Å². The number of carbonyl (C=O) groups is 2. The molecule has 2 aromatic carbocycles. The highest BCUT2D eigenvalue weighted by Gasteiger charge is 2.28. The van der Waals surface area contributed by atoms with Gasteiger partial charge in [0.15, 0.2) is 23.0 Å². The van der Waals surface area contributed by atoms with Crippen LogP contribution < -0.4 is 18.9 Å². The number of methoxy groups -OCH3 is 2. The zero-order valence-corrected chi connectivity index (χ0v) is 20.4. The Balaban J connectivity index is 1.44. The molecule has 2 amide bonds. The zero-order chi connectivity index (χ0) is 26.2. The summed E-state index contributed by atoms with van der Waals surface area (Å²) in [6.07, 6.45) is -3.20. The SMILES string of the molecule is COc1cc(F)ccc1O[C@@H](C)OC(=O)N1CCN(C(=O)O[C@H](C)Oc2ccc(F)cc2OC)CC1. The average molecular weight is 510 g/mol. The summed E-state index contributed by atoms with van der Waals surface area (Å²) in [7, 11) is 2.74. The summed E-state index contributed by atoms with van der Waals surface area (Å²) in [5, 5.41) is 0. The highest BCUT2D eigenvalue weighted by molar-refractivity contribution is 5.70. The van der Waals surface area contributed by atoms with Crippen LogP contribution in [0, 0.1) is 11.6 Å². The van der Waals surface area contributed by atoms with Crippen molar-refractivity contribution in [3.8, 4) is 23.0 Å². The molecule has 0 aliphatic carbocycles. The van der Waals surface area contributed by atoms with E-state index < -0.39 is 36.4 Å². The molecule has 10 nitrogen and oxygen atoms in total. The summed E-state index contributed by atoms with van der Waals surface area (Å²) < 4.78 is 58.5. The first-order valence-electron chi connectivity index (χ1n) is 11.1. The van der Waals surface area contributed by atoms with Crippen LogP contribution in [0.2, 0.25) is 0 Å². The van der Waals surface area contributed by atoms with Crippen LogP contribution in [-0.4, -0.2) is 75.0 Å². The quantitative estimate of drug-likeness (QED) is 0.492. The van der Waals surface area contributed by atoms with Crippen molar-refractivity contribution >= 4 is 12.2 Å². The number of amides is 2. The Morgan fingerprint density at radius 2 is 1.06 bits per heavy atom. The van der Waals surface area contributed by atoms with Crippen LogP contribution >= 0.6 is 0 Å². The number of rotatable bonds is 8. The molecule has 1 heterocycles. The molecule has 0 radical (unpaired) electrons. The Morgan fingerprint density at radius 3 is 1.39 bits per heavy atom. The van der Waals surface area contributed by atoms with E-state index in [0.717, 1.165) is 12.1 Å². The van der Waals surface area contributed by atoms with Crippen molar-refractivity contribution in [3.63, 3.8) is 0 Å². The number of piperazine rings is 1. The second kappa shape index (κ2) is 12.1. The molecule has 0 unspecified atom stereocenters. The Hall–Kier alpha value is -3.96. The van der Waals surface area contributed by atoms with Gasteiger partial charge in [-0.15, -0.1) is 0 Å². The van der Waals surface area contributed by atoms with E-state index in [4.69, 9.17) is 28.4 Å². The van der Waals surface area contributed by atoms with Gasteiger partial charge in [-0.05, 0) is 24.3 Å². The van der Waals surface area contributed by atoms with E-state index in [1.807, 2.05) is 0 Å². The Morgan fingerprint density at radius 1 is 0.694 bits per heavy atom. The minimum Gasteiger partial charge on any atom is -0.493 e. The zero-order valence-electron chi connectivity index (χ0n) is 20.4. The van der Waals surface area contributed by atoms with Crippen molar-refractivity contribution in [3.05, 3.63) is 48.0 Å². The van der Waals surface area contributed by atoms with Crippen LogP contribution in [-0.2, 0) is 9.47 Å². The molecular weight excluding hydrogens is 482 g/mol. The Labute approximate surface area is 207 Å². The molecule has 0 spiro atoms. The molecule has 3 rings (SSSR count). The van der Waals surface area contributed by atoms with Gasteiger partial charge in [0.05, 0.1) is 14.2 Å². The van der Waals surface area contributed by atoms with Crippen molar-refractivity contribution in [1.82, 2.24) is 9.80 Å². The summed E-state index contributed by atoms with van der Waals surface area (Å²) in [4.78, 5) is 27.8. The normalized spacial score (nSPS) is 14.9. The first-order chi connectivity index (χ1) is 17.2. The van der Waals surface area contributed by atoms with Gasteiger partial charge in [0.1, 0.15) is 11.6 Å². The monoisotopic (exact) mass is 510 g/mol. The molecule has 1 fully saturated rings. The van der Waals surface area contributed by atoms with Gasteiger partial charge in [0.2, 0.25) is 12.6 Å². The average Bonchev–Trinajstić information content (AvgIpc) is 2.86. The van der Waals surface area contributed by atoms with Crippen molar-refractivity contribution < 1.29 is 46.8 Å². The number of ether oxygens (including phenoxy) is 6. The molecule has 2 atom stereocenters. The van der Waals surface area contributed by atoms with Crippen molar-refractivity contribution in [2.75, 3.05) is 40.4 Å². The summed E-state index contributed by atoms with van der Waals surface area (Å²) in [5.41, 5.74) is 0. The molecule has 1 aliphatic heterocycles. The molecular formula is C24H28F2N2O8. The summed E-state index contributed by atoms with van der Waals surface area (Å²) in [5.74, 6) is -0.197. The van der Waals surface area contributed by atoms with Gasteiger partial charge < -0.3 is 38.2 Å². The maximum Gasteiger partial charge on any atom is 0.412 e. The molecule has 1 saturated heterocycles. The molecule has 0 N–H and O–H groups in total. The Kier molecular flexibility index (Phi) is 8.98. The van der Waals surface area contributed by atoms with E-state index in [1.54, 1.807) is 0 Å².